The molecule has 0 aliphatic heterocycles. The molecule has 1 amide bonds. The second kappa shape index (κ2) is 26.6. The van der Waals surface area contributed by atoms with Gasteiger partial charge >= 0.3 is 7.82 Å². The van der Waals surface area contributed by atoms with Gasteiger partial charge in [0.2, 0.25) is 5.91 Å². The number of nitrogens with one attached hydrogen (secondary N) is 1. The number of nitrogens with zero attached hydrogens (tertiary/aromatic N) is 1. The van der Waals surface area contributed by atoms with Crippen LogP contribution in [0.2, 0.25) is 0 Å². The molecule has 0 spiro atoms. The number of unbranched alkanes of at least 4 members (excludes halogenated alkanes) is 17. The lowest BCUT2D eigenvalue weighted by Crippen LogP contribution is -2.45. The molecule has 0 bridgehead atoms. The van der Waals surface area contributed by atoms with Gasteiger partial charge in [-0.1, -0.05) is 135 Å². The molecule has 3 atom stereocenters. The number of quaternary nitrogens is 1. The summed E-state index contributed by atoms with van der Waals surface area (Å²) >= 11 is 0. The van der Waals surface area contributed by atoms with Gasteiger partial charge in [0.05, 0.1) is 39.9 Å². The number of aliphatic hydroxyl groups excluding tert-OH is 1. The van der Waals surface area contributed by atoms with Crippen LogP contribution < -0.4 is 5.32 Å². The summed E-state index contributed by atoms with van der Waals surface area (Å²) in [5.74, 6) is -0.186. The summed E-state index contributed by atoms with van der Waals surface area (Å²) in [5, 5.41) is 13.5. The van der Waals surface area contributed by atoms with Crippen molar-refractivity contribution in [1.29, 1.82) is 0 Å². The number of carbonyl (C=O) groups excluding carboxylic acids is 1. The van der Waals surface area contributed by atoms with Gasteiger partial charge in [0, 0.05) is 6.42 Å². The Kier molecular flexibility index (Phi) is 26.1. The zero-order chi connectivity index (χ0) is 31.5. The van der Waals surface area contributed by atoms with Crippen molar-refractivity contribution in [3.63, 3.8) is 0 Å². The molecule has 0 aromatic carbocycles. The van der Waals surface area contributed by atoms with Crippen molar-refractivity contribution in [3.8, 4) is 0 Å². The summed E-state index contributed by atoms with van der Waals surface area (Å²) < 4.78 is 23.2. The molecular formula is C33H68N2O6P+. The van der Waals surface area contributed by atoms with E-state index in [-0.39, 0.29) is 19.1 Å². The van der Waals surface area contributed by atoms with Gasteiger partial charge in [0.1, 0.15) is 13.2 Å². The van der Waals surface area contributed by atoms with Gasteiger partial charge < -0.3 is 19.8 Å². The predicted molar refractivity (Wildman–Crippen MR) is 175 cm³/mol. The Labute approximate surface area is 259 Å². The zero-order valence-corrected chi connectivity index (χ0v) is 28.9. The van der Waals surface area contributed by atoms with E-state index in [0.29, 0.717) is 17.4 Å². The van der Waals surface area contributed by atoms with Crippen LogP contribution in [-0.4, -0.2) is 73.4 Å². The molecule has 0 aromatic rings. The fourth-order valence-electron chi connectivity index (χ4n) is 4.67. The standard InChI is InChI=1S/C33H67N2O6P/c1-6-8-10-12-13-14-15-16-17-18-19-20-21-22-23-25-27-33(37)34-31(32(36)26-24-11-9-7-2)30-41-42(38,39)40-29-28-35(3,4)5/h24,26,31-32,36H,6-23,25,27-30H2,1-5H3,(H-,34,37,38,39)/p+1/b26-24+. The quantitative estimate of drug-likeness (QED) is 0.0325. The van der Waals surface area contributed by atoms with E-state index in [9.17, 15) is 19.4 Å². The van der Waals surface area contributed by atoms with Gasteiger partial charge in [-0.15, -0.1) is 0 Å². The molecule has 42 heavy (non-hydrogen) atoms. The van der Waals surface area contributed by atoms with Crippen LogP contribution >= 0.6 is 7.82 Å². The van der Waals surface area contributed by atoms with Crippen LogP contribution in [-0.2, 0) is 18.4 Å². The number of amides is 1. The zero-order valence-electron chi connectivity index (χ0n) is 28.0. The van der Waals surface area contributed by atoms with Gasteiger partial charge in [-0.3, -0.25) is 13.8 Å². The highest BCUT2D eigenvalue weighted by atomic mass is 31.2. The normalized spacial score (nSPS) is 15.1. The fourth-order valence-corrected chi connectivity index (χ4v) is 5.41. The second-order valence-corrected chi connectivity index (χ2v) is 14.4. The number of phosphoric ester groups is 1. The van der Waals surface area contributed by atoms with Crippen molar-refractivity contribution in [2.75, 3.05) is 40.9 Å². The highest BCUT2D eigenvalue weighted by Gasteiger charge is 2.27. The third-order valence-corrected chi connectivity index (χ3v) is 8.49. The van der Waals surface area contributed by atoms with Crippen LogP contribution in [0.25, 0.3) is 0 Å². The van der Waals surface area contributed by atoms with Crippen LogP contribution in [0.15, 0.2) is 12.2 Å². The molecule has 3 unspecified atom stereocenters. The van der Waals surface area contributed by atoms with Gasteiger partial charge in [-0.05, 0) is 12.8 Å². The van der Waals surface area contributed by atoms with Crippen molar-refractivity contribution >= 4 is 13.7 Å². The minimum absolute atomic E-state index is 0.0625. The van der Waals surface area contributed by atoms with Crippen molar-refractivity contribution in [2.24, 2.45) is 0 Å². The smallest absolute Gasteiger partial charge is 0.387 e. The summed E-state index contributed by atoms with van der Waals surface area (Å²) in [6.45, 7) is 4.64. The summed E-state index contributed by atoms with van der Waals surface area (Å²) in [4.78, 5) is 22.7. The van der Waals surface area contributed by atoms with Gasteiger partial charge in [0.25, 0.3) is 0 Å². The van der Waals surface area contributed by atoms with Crippen molar-refractivity contribution in [1.82, 2.24) is 5.32 Å². The number of allylic oxidation sites excluding steroid dienone is 1. The van der Waals surface area contributed by atoms with Crippen LogP contribution in [0.5, 0.6) is 0 Å². The Hall–Kier alpha value is -0.760. The van der Waals surface area contributed by atoms with Crippen LogP contribution in [0.4, 0.5) is 0 Å². The van der Waals surface area contributed by atoms with Crippen molar-refractivity contribution in [2.45, 2.75) is 154 Å². The van der Waals surface area contributed by atoms with Crippen LogP contribution in [0, 0.1) is 0 Å². The molecule has 9 heteroatoms. The molecule has 0 aliphatic carbocycles. The number of hydrogen-bond acceptors (Lipinski definition) is 5. The molecule has 0 heterocycles. The summed E-state index contributed by atoms with van der Waals surface area (Å²) in [7, 11) is 1.57. The lowest BCUT2D eigenvalue weighted by atomic mass is 10.0. The predicted octanol–water partition coefficient (Wildman–Crippen LogP) is 8.07. The number of hydrogen-bond donors (Lipinski definition) is 3. The van der Waals surface area contributed by atoms with E-state index >= 15 is 0 Å². The number of rotatable bonds is 30. The van der Waals surface area contributed by atoms with E-state index in [1.54, 1.807) is 6.08 Å². The molecule has 0 radical (unpaired) electrons. The van der Waals surface area contributed by atoms with Crippen LogP contribution in [0.3, 0.4) is 0 Å². The lowest BCUT2D eigenvalue weighted by Gasteiger charge is -2.25. The van der Waals surface area contributed by atoms with E-state index in [0.717, 1.165) is 38.5 Å². The average molecular weight is 620 g/mol. The van der Waals surface area contributed by atoms with E-state index in [4.69, 9.17) is 9.05 Å². The summed E-state index contributed by atoms with van der Waals surface area (Å²) in [6, 6.07) is -0.834. The van der Waals surface area contributed by atoms with E-state index in [1.165, 1.54) is 83.5 Å². The minimum atomic E-state index is -4.30. The van der Waals surface area contributed by atoms with Gasteiger partial charge in [-0.2, -0.15) is 0 Å². The number of carbonyl (C=O) groups is 1. The largest absolute Gasteiger partial charge is 0.472 e. The molecule has 3 N–H and O–H groups in total. The van der Waals surface area contributed by atoms with Crippen LogP contribution in [0.1, 0.15) is 142 Å². The van der Waals surface area contributed by atoms with E-state index in [1.807, 2.05) is 27.2 Å². The maximum atomic E-state index is 12.6. The number of phosphoric acid groups is 1. The van der Waals surface area contributed by atoms with Gasteiger partial charge in [0.15, 0.2) is 0 Å². The van der Waals surface area contributed by atoms with Crippen molar-refractivity contribution in [3.05, 3.63) is 12.2 Å². The first kappa shape index (κ1) is 41.2. The van der Waals surface area contributed by atoms with E-state index < -0.39 is 20.0 Å². The first-order valence-electron chi connectivity index (χ1n) is 17.1. The molecule has 0 rings (SSSR count). The third-order valence-electron chi connectivity index (χ3n) is 7.51. The Morgan fingerprint density at radius 2 is 1.26 bits per heavy atom. The number of likely N-dealkylation sites (N-methyl/N-ethyl adjacent to an activating group) is 1. The molecule has 0 aliphatic rings. The average Bonchev–Trinajstić information content (AvgIpc) is 2.92. The minimum Gasteiger partial charge on any atom is -0.387 e. The Morgan fingerprint density at radius 3 is 1.74 bits per heavy atom. The molecule has 0 saturated carbocycles. The number of aliphatic hydroxyl groups is 1. The molecule has 0 saturated heterocycles. The second-order valence-electron chi connectivity index (χ2n) is 12.9. The highest BCUT2D eigenvalue weighted by molar-refractivity contribution is 7.47. The Balaban J connectivity index is 4.23. The highest BCUT2D eigenvalue weighted by Crippen LogP contribution is 2.43. The van der Waals surface area contributed by atoms with E-state index in [2.05, 4.69) is 19.2 Å². The topological polar surface area (TPSA) is 105 Å². The third kappa shape index (κ3) is 28.0. The monoisotopic (exact) mass is 619 g/mol. The van der Waals surface area contributed by atoms with Gasteiger partial charge in [-0.25, -0.2) is 4.57 Å². The molecule has 8 nitrogen and oxygen atoms in total. The summed E-state index contributed by atoms with van der Waals surface area (Å²) in [5.41, 5.74) is 0. The molecular weight excluding hydrogens is 551 g/mol. The first-order valence-corrected chi connectivity index (χ1v) is 18.6. The fraction of sp³-hybridized carbons (Fsp3) is 0.909. The van der Waals surface area contributed by atoms with Crippen molar-refractivity contribution < 1.29 is 32.9 Å². The SMILES string of the molecule is CCCC/C=C/C(O)C(COP(=O)(O)OCC[N+](C)(C)C)NC(=O)CCCCCCCCCCCCCCCCCC. The first-order chi connectivity index (χ1) is 20.0. The maximum Gasteiger partial charge on any atom is 0.472 e. The summed E-state index contributed by atoms with van der Waals surface area (Å²) in [6.07, 6.45) is 26.1. The molecule has 250 valence electrons. The molecule has 0 fully saturated rings. The Morgan fingerprint density at radius 1 is 0.786 bits per heavy atom. The lowest BCUT2D eigenvalue weighted by molar-refractivity contribution is -0.870. The Bertz CT molecular complexity index is 713. The molecule has 0 aromatic heterocycles. The maximum absolute atomic E-state index is 12.6.